The zero-order chi connectivity index (χ0) is 8.27. The summed E-state index contributed by atoms with van der Waals surface area (Å²) in [5, 5.41) is 5.77. The van der Waals surface area contributed by atoms with Gasteiger partial charge in [-0.1, -0.05) is 22.0 Å². The second-order valence-corrected chi connectivity index (χ2v) is 3.07. The van der Waals surface area contributed by atoms with Crippen LogP contribution < -0.4 is 5.73 Å². The van der Waals surface area contributed by atoms with Crippen LogP contribution in [0.5, 0.6) is 0 Å². The van der Waals surface area contributed by atoms with Crippen molar-refractivity contribution in [2.45, 2.75) is 11.1 Å². The molecule has 0 saturated heterocycles. The van der Waals surface area contributed by atoms with Gasteiger partial charge in [0.05, 0.1) is 0 Å². The van der Waals surface area contributed by atoms with Gasteiger partial charge in [0, 0.05) is 6.21 Å². The van der Waals surface area contributed by atoms with E-state index in [0.29, 0.717) is 0 Å². The number of alkyl halides is 1. The first kappa shape index (κ1) is 8.49. The van der Waals surface area contributed by atoms with Crippen LogP contribution in [0.2, 0.25) is 0 Å². The quantitative estimate of drug-likeness (QED) is 0.425. The molecule has 60 valence electrons. The molecule has 2 N–H and O–H groups in total. The van der Waals surface area contributed by atoms with Gasteiger partial charge >= 0.3 is 0 Å². The van der Waals surface area contributed by atoms with Gasteiger partial charge < -0.3 is 5.73 Å². The highest BCUT2D eigenvalue weighted by atomic mass is 79.9. The fraction of sp³-hybridized carbons (Fsp3) is 0.286. The number of hydrogen-bond acceptors (Lipinski definition) is 3. The van der Waals surface area contributed by atoms with Gasteiger partial charge in [-0.15, -0.1) is 6.58 Å². The lowest BCUT2D eigenvalue weighted by Crippen LogP contribution is -2.41. The van der Waals surface area contributed by atoms with E-state index in [-0.39, 0.29) is 11.1 Å². The van der Waals surface area contributed by atoms with Crippen molar-refractivity contribution in [3.8, 4) is 0 Å². The minimum absolute atomic E-state index is 0.00120. The van der Waals surface area contributed by atoms with Gasteiger partial charge in [-0.3, -0.25) is 5.01 Å². The molecule has 0 fully saturated rings. The fourth-order valence-corrected chi connectivity index (χ4v) is 1.16. The van der Waals surface area contributed by atoms with E-state index in [2.05, 4.69) is 27.6 Å². The van der Waals surface area contributed by atoms with Crippen LogP contribution in [0.3, 0.4) is 0 Å². The maximum Gasteiger partial charge on any atom is 0.122 e. The summed E-state index contributed by atoms with van der Waals surface area (Å²) in [6.45, 7) is 3.63. The van der Waals surface area contributed by atoms with Gasteiger partial charge in [-0.2, -0.15) is 5.10 Å². The summed E-state index contributed by atoms with van der Waals surface area (Å²) < 4.78 is 0. The van der Waals surface area contributed by atoms with Crippen molar-refractivity contribution in [2.24, 2.45) is 10.8 Å². The summed E-state index contributed by atoms with van der Waals surface area (Å²) in [6.07, 6.45) is 6.95. The van der Waals surface area contributed by atoms with Crippen molar-refractivity contribution in [2.75, 3.05) is 0 Å². The van der Waals surface area contributed by atoms with E-state index in [9.17, 15) is 0 Å². The van der Waals surface area contributed by atoms with Gasteiger partial charge in [0.15, 0.2) is 0 Å². The maximum absolute atomic E-state index is 5.70. The number of hydrazone groups is 1. The Bertz CT molecular complexity index is 196. The molecule has 0 radical (unpaired) electrons. The zero-order valence-corrected chi connectivity index (χ0v) is 7.61. The number of nitrogens with zero attached hydrogens (tertiary/aromatic N) is 2. The predicted octanol–water partition coefficient (Wildman–Crippen LogP) is 1.04. The first-order valence-electron chi connectivity index (χ1n) is 3.27. The predicted molar refractivity (Wildman–Crippen MR) is 50.4 cm³/mol. The third-order valence-corrected chi connectivity index (χ3v) is 2.14. The molecule has 11 heavy (non-hydrogen) atoms. The minimum atomic E-state index is -0.164. The van der Waals surface area contributed by atoms with E-state index < -0.39 is 0 Å². The van der Waals surface area contributed by atoms with Gasteiger partial charge in [-0.25, -0.2) is 0 Å². The third kappa shape index (κ3) is 1.91. The zero-order valence-electron chi connectivity index (χ0n) is 6.02. The molecule has 1 rings (SSSR count). The Labute approximate surface area is 74.4 Å². The van der Waals surface area contributed by atoms with Crippen molar-refractivity contribution in [1.82, 2.24) is 5.01 Å². The highest BCUT2D eigenvalue weighted by molar-refractivity contribution is 9.09. The molecule has 1 heterocycles. The van der Waals surface area contributed by atoms with Crippen LogP contribution in [0.4, 0.5) is 0 Å². The summed E-state index contributed by atoms with van der Waals surface area (Å²) in [5.41, 5.74) is 5.70. The van der Waals surface area contributed by atoms with E-state index in [4.69, 9.17) is 5.73 Å². The molecule has 0 bridgehead atoms. The van der Waals surface area contributed by atoms with E-state index >= 15 is 0 Å². The molecule has 0 saturated carbocycles. The minimum Gasteiger partial charge on any atom is -0.307 e. The molecular weight excluding hydrogens is 206 g/mol. The fourth-order valence-electron chi connectivity index (χ4n) is 0.780. The lowest BCUT2D eigenvalue weighted by molar-refractivity contribution is 0.255. The first-order valence-corrected chi connectivity index (χ1v) is 4.18. The van der Waals surface area contributed by atoms with Gasteiger partial charge in [0.1, 0.15) is 11.1 Å². The lowest BCUT2D eigenvalue weighted by Gasteiger charge is -2.28. The van der Waals surface area contributed by atoms with Crippen LogP contribution in [0.1, 0.15) is 0 Å². The summed E-state index contributed by atoms with van der Waals surface area (Å²) in [7, 11) is 0. The molecule has 0 aromatic heterocycles. The van der Waals surface area contributed by atoms with Crippen LogP contribution >= 0.6 is 15.9 Å². The van der Waals surface area contributed by atoms with Crippen molar-refractivity contribution < 1.29 is 0 Å². The first-order chi connectivity index (χ1) is 5.25. The highest BCUT2D eigenvalue weighted by Gasteiger charge is 2.15. The van der Waals surface area contributed by atoms with Crippen LogP contribution in [0.15, 0.2) is 29.9 Å². The Morgan fingerprint density at radius 1 is 1.82 bits per heavy atom. The Morgan fingerprint density at radius 3 is 3.09 bits per heavy atom. The Balaban J connectivity index is 2.65. The second-order valence-electron chi connectivity index (χ2n) is 2.13. The molecular formula is C7H10BrN3. The molecule has 4 heteroatoms. The molecule has 0 amide bonds. The van der Waals surface area contributed by atoms with E-state index in [1.54, 1.807) is 17.3 Å². The van der Waals surface area contributed by atoms with E-state index in [1.807, 2.05) is 12.2 Å². The van der Waals surface area contributed by atoms with Gasteiger partial charge in [0.25, 0.3) is 0 Å². The molecule has 0 spiro atoms. The van der Waals surface area contributed by atoms with Gasteiger partial charge in [-0.05, 0) is 12.2 Å². The van der Waals surface area contributed by atoms with Crippen LogP contribution in [0, 0.1) is 0 Å². The van der Waals surface area contributed by atoms with Crippen LogP contribution in [-0.2, 0) is 0 Å². The number of halogens is 1. The number of allylic oxidation sites excluding steroid dienone is 1. The lowest BCUT2D eigenvalue weighted by atomic mass is 10.4. The maximum atomic E-state index is 5.70. The molecule has 3 nitrogen and oxygen atoms in total. The molecule has 2 unspecified atom stereocenters. The van der Waals surface area contributed by atoms with E-state index in [0.717, 1.165) is 0 Å². The Morgan fingerprint density at radius 2 is 2.55 bits per heavy atom. The molecule has 1 aliphatic rings. The SMILES string of the molecule is C=CC(Br)N1N=CC=CC1N. The monoisotopic (exact) mass is 215 g/mol. The molecule has 1 aliphatic heterocycles. The van der Waals surface area contributed by atoms with Gasteiger partial charge in [0.2, 0.25) is 0 Å². The second kappa shape index (κ2) is 3.69. The number of hydrogen-bond donors (Lipinski definition) is 1. The summed E-state index contributed by atoms with van der Waals surface area (Å²) >= 11 is 3.36. The van der Waals surface area contributed by atoms with Crippen LogP contribution in [-0.4, -0.2) is 22.3 Å². The van der Waals surface area contributed by atoms with Crippen molar-refractivity contribution >= 4 is 22.1 Å². The summed E-state index contributed by atoms with van der Waals surface area (Å²) in [5.74, 6) is 0. The van der Waals surface area contributed by atoms with Crippen molar-refractivity contribution in [3.05, 3.63) is 24.8 Å². The Kier molecular flexibility index (Phi) is 2.84. The molecule has 0 aromatic rings. The summed E-state index contributed by atoms with van der Waals surface area (Å²) in [6, 6.07) is 0. The molecule has 2 atom stereocenters. The van der Waals surface area contributed by atoms with Crippen molar-refractivity contribution in [3.63, 3.8) is 0 Å². The normalized spacial score (nSPS) is 25.3. The average molecular weight is 216 g/mol. The average Bonchev–Trinajstić information content (AvgIpc) is 2.04. The number of rotatable bonds is 2. The molecule has 0 aliphatic carbocycles. The largest absolute Gasteiger partial charge is 0.307 e. The van der Waals surface area contributed by atoms with Crippen molar-refractivity contribution in [1.29, 1.82) is 0 Å². The standard InChI is InChI=1S/C7H10BrN3/c1-2-6(8)11-7(9)4-3-5-10-11/h2-7H,1,9H2. The highest BCUT2D eigenvalue weighted by Crippen LogP contribution is 2.13. The number of nitrogens with two attached hydrogens (primary N) is 1. The molecule has 0 aromatic carbocycles. The topological polar surface area (TPSA) is 41.6 Å². The third-order valence-electron chi connectivity index (χ3n) is 1.35. The Hall–Kier alpha value is -0.610. The van der Waals surface area contributed by atoms with E-state index in [1.165, 1.54) is 0 Å². The summed E-state index contributed by atoms with van der Waals surface area (Å²) in [4.78, 5) is -0.00120. The smallest absolute Gasteiger partial charge is 0.122 e. The van der Waals surface area contributed by atoms with Crippen LogP contribution in [0.25, 0.3) is 0 Å².